The Kier molecular flexibility index (Phi) is 6.32. The zero-order chi connectivity index (χ0) is 23.5. The normalized spacial score (nSPS) is 14.8. The third kappa shape index (κ3) is 4.54. The fraction of sp³-hybridized carbons (Fsp3) is 0.286. The summed E-state index contributed by atoms with van der Waals surface area (Å²) in [6.07, 6.45) is 1.03. The Hall–Kier alpha value is -3.64. The first-order valence-electron chi connectivity index (χ1n) is 11.8. The quantitative estimate of drug-likeness (QED) is 0.443. The summed E-state index contributed by atoms with van der Waals surface area (Å²) in [7, 11) is 1.69. The van der Waals surface area contributed by atoms with Crippen molar-refractivity contribution in [2.75, 3.05) is 38.2 Å². The molecule has 174 valence electrons. The third-order valence-corrected chi connectivity index (χ3v) is 6.55. The van der Waals surface area contributed by atoms with Crippen molar-refractivity contribution >= 4 is 16.5 Å². The molecule has 0 atom stereocenters. The third-order valence-electron chi connectivity index (χ3n) is 6.55. The highest BCUT2D eigenvalue weighted by atomic mass is 16.5. The maximum atomic E-state index is 13.3. The first-order valence-corrected chi connectivity index (χ1v) is 11.8. The van der Waals surface area contributed by atoms with Crippen LogP contribution in [0.5, 0.6) is 5.75 Å². The van der Waals surface area contributed by atoms with E-state index in [1.54, 1.807) is 11.8 Å². The largest absolute Gasteiger partial charge is 0.497 e. The van der Waals surface area contributed by atoms with E-state index >= 15 is 0 Å². The Bertz CT molecular complexity index is 1330. The molecule has 0 bridgehead atoms. The molecule has 1 aliphatic rings. The molecule has 0 radical (unpaired) electrons. The van der Waals surface area contributed by atoms with E-state index in [2.05, 4.69) is 53.1 Å². The number of ether oxygens (including phenoxy) is 1. The van der Waals surface area contributed by atoms with Gasteiger partial charge in [-0.3, -0.25) is 9.69 Å². The van der Waals surface area contributed by atoms with Gasteiger partial charge in [0.2, 0.25) is 0 Å². The Morgan fingerprint density at radius 3 is 2.32 bits per heavy atom. The number of benzene rings is 3. The van der Waals surface area contributed by atoms with Crippen molar-refractivity contribution < 1.29 is 4.74 Å². The van der Waals surface area contributed by atoms with E-state index in [4.69, 9.17) is 9.84 Å². The second kappa shape index (κ2) is 9.69. The monoisotopic (exact) mass is 454 g/mol. The lowest BCUT2D eigenvalue weighted by Gasteiger charge is -2.24. The molecule has 0 spiro atoms. The van der Waals surface area contributed by atoms with Gasteiger partial charge in [0, 0.05) is 42.8 Å². The molecule has 34 heavy (non-hydrogen) atoms. The first kappa shape index (κ1) is 22.2. The van der Waals surface area contributed by atoms with Gasteiger partial charge >= 0.3 is 0 Å². The van der Waals surface area contributed by atoms with Crippen molar-refractivity contribution in [2.45, 2.75) is 20.0 Å². The molecule has 0 unspecified atom stereocenters. The predicted molar refractivity (Wildman–Crippen MR) is 138 cm³/mol. The smallest absolute Gasteiger partial charge is 0.275 e. The van der Waals surface area contributed by atoms with Crippen LogP contribution in [0, 0.1) is 6.92 Å². The van der Waals surface area contributed by atoms with Gasteiger partial charge in [0.1, 0.15) is 5.75 Å². The number of hydrogen-bond acceptors (Lipinski definition) is 5. The van der Waals surface area contributed by atoms with E-state index < -0.39 is 0 Å². The van der Waals surface area contributed by atoms with Crippen molar-refractivity contribution in [3.63, 3.8) is 0 Å². The van der Waals surface area contributed by atoms with Gasteiger partial charge in [0.05, 0.1) is 24.9 Å². The van der Waals surface area contributed by atoms with Crippen LogP contribution in [0.25, 0.3) is 22.0 Å². The van der Waals surface area contributed by atoms with Crippen molar-refractivity contribution in [1.29, 1.82) is 0 Å². The van der Waals surface area contributed by atoms with E-state index in [1.165, 1.54) is 11.3 Å². The number of nitrogens with zero attached hydrogens (tertiary/aromatic N) is 4. The predicted octanol–water partition coefficient (Wildman–Crippen LogP) is 4.55. The van der Waals surface area contributed by atoms with Gasteiger partial charge in [-0.1, -0.05) is 48.0 Å². The van der Waals surface area contributed by atoms with Crippen molar-refractivity contribution in [1.82, 2.24) is 14.7 Å². The molecule has 0 N–H and O–H groups in total. The van der Waals surface area contributed by atoms with Crippen LogP contribution in [0.1, 0.15) is 12.0 Å². The fourth-order valence-corrected chi connectivity index (χ4v) is 4.61. The van der Waals surface area contributed by atoms with Gasteiger partial charge in [-0.15, -0.1) is 0 Å². The van der Waals surface area contributed by atoms with Crippen LogP contribution in [0.3, 0.4) is 0 Å². The second-order valence-corrected chi connectivity index (χ2v) is 8.86. The zero-order valence-corrected chi connectivity index (χ0v) is 19.8. The van der Waals surface area contributed by atoms with E-state index in [-0.39, 0.29) is 5.56 Å². The van der Waals surface area contributed by atoms with Crippen LogP contribution in [-0.4, -0.2) is 48.0 Å². The van der Waals surface area contributed by atoms with Gasteiger partial charge in [-0.05, 0) is 43.7 Å². The van der Waals surface area contributed by atoms with E-state index in [1.807, 2.05) is 36.4 Å². The first-order chi connectivity index (χ1) is 16.6. The fourth-order valence-electron chi connectivity index (χ4n) is 4.61. The summed E-state index contributed by atoms with van der Waals surface area (Å²) in [5.41, 5.74) is 4.24. The summed E-state index contributed by atoms with van der Waals surface area (Å²) >= 11 is 0. The number of aromatic nitrogens is 2. The standard InChI is InChI=1S/C28H30N4O2/c1-21-8-10-22(11-9-21)27-25-6-3-4-7-26(25)28(33)32(29-27)20-30-16-5-17-31(19-18-30)23-12-14-24(34-2)15-13-23/h3-4,6-15H,5,16-20H2,1-2H3. The molecular formula is C28H30N4O2. The maximum Gasteiger partial charge on any atom is 0.275 e. The average Bonchev–Trinajstić information content (AvgIpc) is 3.12. The Labute approximate surface area is 200 Å². The number of hydrogen-bond donors (Lipinski definition) is 0. The van der Waals surface area contributed by atoms with Crippen molar-refractivity contribution in [3.05, 3.63) is 88.7 Å². The van der Waals surface area contributed by atoms with Gasteiger partial charge < -0.3 is 9.64 Å². The summed E-state index contributed by atoms with van der Waals surface area (Å²) in [5.74, 6) is 0.867. The summed E-state index contributed by atoms with van der Waals surface area (Å²) < 4.78 is 6.93. The van der Waals surface area contributed by atoms with Gasteiger partial charge in [0.15, 0.2) is 0 Å². The van der Waals surface area contributed by atoms with Crippen LogP contribution in [-0.2, 0) is 6.67 Å². The molecule has 0 amide bonds. The van der Waals surface area contributed by atoms with Crippen LogP contribution in [0.4, 0.5) is 5.69 Å². The minimum Gasteiger partial charge on any atom is -0.497 e. The Morgan fingerprint density at radius 1 is 0.853 bits per heavy atom. The number of anilines is 1. The number of aryl methyl sites for hydroxylation is 1. The molecule has 1 aromatic heterocycles. The van der Waals surface area contributed by atoms with Gasteiger partial charge in [0.25, 0.3) is 5.56 Å². The molecule has 4 aromatic rings. The van der Waals surface area contributed by atoms with E-state index in [0.717, 1.165) is 55.0 Å². The molecule has 6 nitrogen and oxygen atoms in total. The van der Waals surface area contributed by atoms with E-state index in [9.17, 15) is 4.79 Å². The summed E-state index contributed by atoms with van der Waals surface area (Å²) in [5, 5.41) is 6.46. The molecule has 1 aliphatic heterocycles. The maximum absolute atomic E-state index is 13.3. The topological polar surface area (TPSA) is 50.6 Å². The highest BCUT2D eigenvalue weighted by molar-refractivity contribution is 5.93. The van der Waals surface area contributed by atoms with Crippen LogP contribution in [0.15, 0.2) is 77.6 Å². The van der Waals surface area contributed by atoms with Crippen molar-refractivity contribution in [2.24, 2.45) is 0 Å². The van der Waals surface area contributed by atoms with Crippen LogP contribution in [0.2, 0.25) is 0 Å². The van der Waals surface area contributed by atoms with Crippen molar-refractivity contribution in [3.8, 4) is 17.0 Å². The average molecular weight is 455 g/mol. The molecule has 0 aliphatic carbocycles. The highest BCUT2D eigenvalue weighted by Crippen LogP contribution is 2.25. The lowest BCUT2D eigenvalue weighted by Crippen LogP contribution is -2.36. The van der Waals surface area contributed by atoms with Crippen LogP contribution < -0.4 is 15.2 Å². The Balaban J connectivity index is 1.40. The molecule has 1 saturated heterocycles. The van der Waals surface area contributed by atoms with Crippen LogP contribution >= 0.6 is 0 Å². The van der Waals surface area contributed by atoms with Gasteiger partial charge in [-0.2, -0.15) is 5.10 Å². The lowest BCUT2D eigenvalue weighted by molar-refractivity contribution is 0.217. The summed E-state index contributed by atoms with van der Waals surface area (Å²) in [6, 6.07) is 24.3. The molecule has 0 saturated carbocycles. The zero-order valence-electron chi connectivity index (χ0n) is 19.8. The lowest BCUT2D eigenvalue weighted by atomic mass is 10.0. The number of rotatable bonds is 5. The number of methoxy groups -OCH3 is 1. The summed E-state index contributed by atoms with van der Waals surface area (Å²) in [6.45, 7) is 6.24. The molecule has 1 fully saturated rings. The van der Waals surface area contributed by atoms with Gasteiger partial charge in [-0.25, -0.2) is 4.68 Å². The highest BCUT2D eigenvalue weighted by Gasteiger charge is 2.18. The Morgan fingerprint density at radius 2 is 1.59 bits per heavy atom. The summed E-state index contributed by atoms with van der Waals surface area (Å²) in [4.78, 5) is 18.0. The molecule has 5 rings (SSSR count). The van der Waals surface area contributed by atoms with E-state index in [0.29, 0.717) is 12.1 Å². The molecule has 2 heterocycles. The minimum atomic E-state index is -0.0391. The molecule has 3 aromatic carbocycles. The minimum absolute atomic E-state index is 0.0391. The molecule has 6 heteroatoms. The second-order valence-electron chi connectivity index (χ2n) is 8.86. The molecular weight excluding hydrogens is 424 g/mol. The number of fused-ring (bicyclic) bond motifs is 1. The SMILES string of the molecule is COc1ccc(N2CCCN(Cn3nc(-c4ccc(C)cc4)c4ccccc4c3=O)CC2)cc1.